The average Bonchev–Trinajstić information content (AvgIpc) is 3.41. The lowest BCUT2D eigenvalue weighted by molar-refractivity contribution is -0.236. The summed E-state index contributed by atoms with van der Waals surface area (Å²) in [6, 6.07) is 22.6. The van der Waals surface area contributed by atoms with Crippen LogP contribution in [0.5, 0.6) is 5.75 Å². The summed E-state index contributed by atoms with van der Waals surface area (Å²) in [5, 5.41) is 10.5. The Morgan fingerprint density at radius 3 is 2.33 bits per heavy atom. The van der Waals surface area contributed by atoms with Gasteiger partial charge in [0.25, 0.3) is 0 Å². The Bertz CT molecular complexity index is 1650. The fourth-order valence-electron chi connectivity index (χ4n) is 5.63. The number of aliphatic hydroxyl groups is 1. The second-order valence-corrected chi connectivity index (χ2v) is 11.1. The molecule has 0 spiro atoms. The van der Waals surface area contributed by atoms with E-state index in [1.54, 1.807) is 30.5 Å². The molecule has 5 atom stereocenters. The second-order valence-electron chi connectivity index (χ2n) is 11.1. The Labute approximate surface area is 261 Å². The molecule has 236 valence electrons. The van der Waals surface area contributed by atoms with Crippen LogP contribution in [0, 0.1) is 6.92 Å². The molecule has 2 heterocycles. The number of esters is 2. The number of aromatic nitrogens is 1. The van der Waals surface area contributed by atoms with E-state index in [0.717, 1.165) is 22.0 Å². The molecule has 1 aliphatic rings. The highest BCUT2D eigenvalue weighted by molar-refractivity contribution is 6.17. The SMILES string of the molecule is CC(=O)O[C@H]1[C@H](OC(C)=O)C[C@H](n2cc(C(=O)c3ccc(OCc4ccccc4)cc3)c3c(C)cccc32)O[C@@H]1COC(C)O. The summed E-state index contributed by atoms with van der Waals surface area (Å²) < 4.78 is 30.7. The number of aryl methyl sites for hydroxylation is 1. The fraction of sp³-hybridized carbons (Fsp3) is 0.343. The Hall–Kier alpha value is -4.51. The number of hydrogen-bond acceptors (Lipinski definition) is 9. The molecule has 1 saturated heterocycles. The van der Waals surface area contributed by atoms with Gasteiger partial charge in [-0.2, -0.15) is 0 Å². The van der Waals surface area contributed by atoms with E-state index in [4.69, 9.17) is 23.7 Å². The lowest BCUT2D eigenvalue weighted by Crippen LogP contribution is -2.52. The summed E-state index contributed by atoms with van der Waals surface area (Å²) in [5.41, 5.74) is 3.66. The van der Waals surface area contributed by atoms with Gasteiger partial charge in [-0.25, -0.2) is 0 Å². The molecule has 10 heteroatoms. The zero-order valence-corrected chi connectivity index (χ0v) is 25.7. The first-order valence-corrected chi connectivity index (χ1v) is 14.8. The summed E-state index contributed by atoms with van der Waals surface area (Å²) in [6.07, 6.45) is -2.64. The van der Waals surface area contributed by atoms with E-state index in [2.05, 4.69) is 0 Å². The van der Waals surface area contributed by atoms with Crippen LogP contribution in [0.15, 0.2) is 79.0 Å². The molecule has 45 heavy (non-hydrogen) atoms. The number of ketones is 1. The largest absolute Gasteiger partial charge is 0.489 e. The molecule has 1 unspecified atom stereocenters. The predicted octanol–water partition coefficient (Wildman–Crippen LogP) is 5.27. The number of ether oxygens (including phenoxy) is 5. The molecule has 1 aromatic heterocycles. The first-order valence-electron chi connectivity index (χ1n) is 14.8. The van der Waals surface area contributed by atoms with Crippen molar-refractivity contribution >= 4 is 28.6 Å². The van der Waals surface area contributed by atoms with Gasteiger partial charge in [-0.05, 0) is 55.3 Å². The minimum Gasteiger partial charge on any atom is -0.489 e. The highest BCUT2D eigenvalue weighted by Gasteiger charge is 2.44. The zero-order valence-electron chi connectivity index (χ0n) is 25.7. The van der Waals surface area contributed by atoms with E-state index in [1.807, 2.05) is 60.0 Å². The van der Waals surface area contributed by atoms with Gasteiger partial charge in [0.1, 0.15) is 30.8 Å². The quantitative estimate of drug-likeness (QED) is 0.137. The van der Waals surface area contributed by atoms with Crippen molar-refractivity contribution in [3.8, 4) is 5.75 Å². The third-order valence-corrected chi connectivity index (χ3v) is 7.61. The number of carbonyl (C=O) groups excluding carboxylic acids is 3. The normalized spacial score (nSPS) is 20.4. The summed E-state index contributed by atoms with van der Waals surface area (Å²) in [7, 11) is 0. The van der Waals surface area contributed by atoms with E-state index in [-0.39, 0.29) is 18.8 Å². The van der Waals surface area contributed by atoms with Gasteiger partial charge in [-0.15, -0.1) is 0 Å². The van der Waals surface area contributed by atoms with Crippen molar-refractivity contribution < 1.29 is 43.2 Å². The monoisotopic (exact) mass is 615 g/mol. The Balaban J connectivity index is 1.46. The maximum atomic E-state index is 14.0. The van der Waals surface area contributed by atoms with Crippen LogP contribution in [0.2, 0.25) is 0 Å². The summed E-state index contributed by atoms with van der Waals surface area (Å²) in [6.45, 7) is 6.20. The van der Waals surface area contributed by atoms with Crippen molar-refractivity contribution in [2.45, 2.75) is 71.6 Å². The highest BCUT2D eigenvalue weighted by Crippen LogP contribution is 2.37. The van der Waals surface area contributed by atoms with Gasteiger partial charge in [0.2, 0.25) is 0 Å². The number of carbonyl (C=O) groups is 3. The van der Waals surface area contributed by atoms with E-state index < -0.39 is 42.8 Å². The predicted molar refractivity (Wildman–Crippen MR) is 165 cm³/mol. The van der Waals surface area contributed by atoms with Gasteiger partial charge in [0.05, 0.1) is 12.1 Å². The van der Waals surface area contributed by atoms with Crippen molar-refractivity contribution in [2.24, 2.45) is 0 Å². The second kappa shape index (κ2) is 14.1. The standard InChI is InChI=1S/C35H37NO9/c1-21-9-8-12-29-33(21)28(34(40)26-13-15-27(16-14-26)42-19-25-10-6-5-7-11-25)18-36(29)32-17-30(43-23(3)38)35(44-24(4)39)31(45-32)20-41-22(2)37/h5-16,18,22,30-32,35,37H,17,19-20H2,1-4H3/t22?,30-,31-,32-,35+/m1/s1. The van der Waals surface area contributed by atoms with Gasteiger partial charge in [-0.1, -0.05) is 42.5 Å². The number of nitrogens with zero attached hydrogens (tertiary/aromatic N) is 1. The lowest BCUT2D eigenvalue weighted by Gasteiger charge is -2.41. The van der Waals surface area contributed by atoms with Gasteiger partial charge < -0.3 is 33.4 Å². The van der Waals surface area contributed by atoms with Crippen LogP contribution in [-0.2, 0) is 35.1 Å². The van der Waals surface area contributed by atoms with E-state index in [0.29, 0.717) is 23.5 Å². The smallest absolute Gasteiger partial charge is 0.303 e. The first-order chi connectivity index (χ1) is 21.6. The zero-order chi connectivity index (χ0) is 32.1. The molecule has 0 aliphatic carbocycles. The van der Waals surface area contributed by atoms with Gasteiger partial charge in [0.15, 0.2) is 18.2 Å². The molecule has 1 fully saturated rings. The van der Waals surface area contributed by atoms with E-state index >= 15 is 0 Å². The average molecular weight is 616 g/mol. The summed E-state index contributed by atoms with van der Waals surface area (Å²) in [5.74, 6) is -0.656. The molecule has 1 N–H and O–H groups in total. The Morgan fingerprint density at radius 1 is 0.956 bits per heavy atom. The van der Waals surface area contributed by atoms with Crippen LogP contribution in [0.1, 0.15) is 60.5 Å². The van der Waals surface area contributed by atoms with Gasteiger partial charge >= 0.3 is 11.9 Å². The number of rotatable bonds is 11. The number of hydrogen-bond donors (Lipinski definition) is 1. The van der Waals surface area contributed by atoms with Crippen molar-refractivity contribution in [1.29, 1.82) is 0 Å². The molecular formula is C35H37NO9. The molecule has 1 aliphatic heterocycles. The number of benzene rings is 3. The molecule has 5 rings (SSSR count). The topological polar surface area (TPSA) is 123 Å². The summed E-state index contributed by atoms with van der Waals surface area (Å²) >= 11 is 0. The molecule has 0 radical (unpaired) electrons. The van der Waals surface area contributed by atoms with Crippen LogP contribution in [0.4, 0.5) is 0 Å². The lowest BCUT2D eigenvalue weighted by atomic mass is 10.00. The van der Waals surface area contributed by atoms with Gasteiger partial charge in [-0.3, -0.25) is 14.4 Å². The molecule has 10 nitrogen and oxygen atoms in total. The van der Waals surface area contributed by atoms with Crippen LogP contribution in [0.3, 0.4) is 0 Å². The molecule has 3 aromatic carbocycles. The van der Waals surface area contributed by atoms with Gasteiger partial charge in [0, 0.05) is 43.0 Å². The van der Waals surface area contributed by atoms with Crippen molar-refractivity contribution in [1.82, 2.24) is 4.57 Å². The molecule has 4 aromatic rings. The Kier molecular flexibility index (Phi) is 9.97. The summed E-state index contributed by atoms with van der Waals surface area (Å²) in [4.78, 5) is 38.0. The maximum Gasteiger partial charge on any atom is 0.303 e. The molecule has 0 saturated carbocycles. The molecular weight excluding hydrogens is 578 g/mol. The minimum atomic E-state index is -1.10. The maximum absolute atomic E-state index is 14.0. The molecule has 0 amide bonds. The molecule has 0 bridgehead atoms. The van der Waals surface area contributed by atoms with Crippen molar-refractivity contribution in [3.63, 3.8) is 0 Å². The third kappa shape index (κ3) is 7.59. The van der Waals surface area contributed by atoms with Crippen LogP contribution < -0.4 is 4.74 Å². The Morgan fingerprint density at radius 2 is 1.67 bits per heavy atom. The first kappa shape index (κ1) is 31.9. The van der Waals surface area contributed by atoms with Crippen LogP contribution >= 0.6 is 0 Å². The highest BCUT2D eigenvalue weighted by atomic mass is 16.6. The van der Waals surface area contributed by atoms with Crippen LogP contribution in [0.25, 0.3) is 10.9 Å². The number of aliphatic hydroxyl groups excluding tert-OH is 1. The van der Waals surface area contributed by atoms with E-state index in [1.165, 1.54) is 20.8 Å². The third-order valence-electron chi connectivity index (χ3n) is 7.61. The van der Waals surface area contributed by atoms with Crippen molar-refractivity contribution in [2.75, 3.05) is 6.61 Å². The minimum absolute atomic E-state index is 0.132. The fourth-order valence-corrected chi connectivity index (χ4v) is 5.63. The van der Waals surface area contributed by atoms with Crippen molar-refractivity contribution in [3.05, 3.63) is 101 Å². The van der Waals surface area contributed by atoms with E-state index in [9.17, 15) is 19.5 Å². The van der Waals surface area contributed by atoms with Crippen LogP contribution in [-0.4, -0.2) is 58.6 Å². The number of fused-ring (bicyclic) bond motifs is 1.